The smallest absolute Gasteiger partial charge is 0.249 e. The first-order valence-electron chi connectivity index (χ1n) is 13.6. The highest BCUT2D eigenvalue weighted by molar-refractivity contribution is 6.01. The fourth-order valence-electron chi connectivity index (χ4n) is 5.18. The van der Waals surface area contributed by atoms with E-state index in [9.17, 15) is 9.59 Å². The molecule has 2 amide bonds. The van der Waals surface area contributed by atoms with Crippen LogP contribution in [-0.2, 0) is 20.9 Å². The van der Waals surface area contributed by atoms with E-state index in [1.165, 1.54) is 9.58 Å². The number of nitrogens with zero attached hydrogens (tertiary/aromatic N) is 4. The van der Waals surface area contributed by atoms with Crippen molar-refractivity contribution in [2.45, 2.75) is 31.5 Å². The molecule has 3 heterocycles. The third-order valence-electron chi connectivity index (χ3n) is 7.24. The van der Waals surface area contributed by atoms with Crippen molar-refractivity contribution in [3.63, 3.8) is 0 Å². The molecule has 1 fully saturated rings. The van der Waals surface area contributed by atoms with E-state index >= 15 is 0 Å². The topological polar surface area (TPSA) is 117 Å². The molecule has 11 heteroatoms. The van der Waals surface area contributed by atoms with E-state index in [4.69, 9.17) is 18.9 Å². The molecule has 2 aliphatic heterocycles. The molecule has 212 valence electrons. The van der Waals surface area contributed by atoms with Crippen LogP contribution in [-0.4, -0.2) is 66.4 Å². The van der Waals surface area contributed by atoms with Gasteiger partial charge in [0.1, 0.15) is 37.1 Å². The van der Waals surface area contributed by atoms with E-state index in [0.717, 1.165) is 12.8 Å². The quantitative estimate of drug-likeness (QED) is 0.333. The lowest BCUT2D eigenvalue weighted by Gasteiger charge is -2.32. The second kappa shape index (κ2) is 11.8. The van der Waals surface area contributed by atoms with E-state index in [1.54, 1.807) is 49.6 Å². The van der Waals surface area contributed by atoms with Crippen molar-refractivity contribution in [1.82, 2.24) is 20.3 Å². The average molecular weight is 558 g/mol. The molecule has 1 aromatic heterocycles. The second-order valence-electron chi connectivity index (χ2n) is 9.88. The highest BCUT2D eigenvalue weighted by Crippen LogP contribution is 2.37. The molecular weight excluding hydrogens is 526 g/mol. The second-order valence-corrected chi connectivity index (χ2v) is 9.88. The monoisotopic (exact) mass is 557 g/mol. The van der Waals surface area contributed by atoms with E-state index < -0.39 is 6.04 Å². The maximum atomic E-state index is 14.3. The first-order chi connectivity index (χ1) is 20.1. The highest BCUT2D eigenvalue weighted by atomic mass is 16.6. The summed E-state index contributed by atoms with van der Waals surface area (Å²) in [4.78, 5) is 29.7. The van der Waals surface area contributed by atoms with Gasteiger partial charge in [0.05, 0.1) is 18.7 Å². The summed E-state index contributed by atoms with van der Waals surface area (Å²) in [7, 11) is 1.58. The number of anilines is 1. The lowest BCUT2D eigenvalue weighted by atomic mass is 10.0. The zero-order chi connectivity index (χ0) is 28.2. The standard InChI is InChI=1S/C30H31N5O6/c1-38-22-11-8-20(9-12-22)29(30(37)31-18-23-5-4-14-39-23)35(21-10-13-26-27(17-21)41-16-15-40-26)28(36)19-34-25-7-3-2-6-24(25)32-33-34/h2-3,6-13,17,23,29H,4-5,14-16,18-19H2,1H3,(H,31,37). The molecule has 3 aromatic carbocycles. The van der Waals surface area contributed by atoms with Crippen molar-refractivity contribution in [1.29, 1.82) is 0 Å². The Labute approximate surface area is 236 Å². The van der Waals surface area contributed by atoms with Crippen molar-refractivity contribution in [2.75, 3.05) is 38.4 Å². The van der Waals surface area contributed by atoms with Gasteiger partial charge in [-0.15, -0.1) is 5.10 Å². The number of fused-ring (bicyclic) bond motifs is 2. The Bertz CT molecular complexity index is 1530. The molecule has 0 spiro atoms. The normalized spacial score (nSPS) is 16.8. The zero-order valence-electron chi connectivity index (χ0n) is 22.7. The third kappa shape index (κ3) is 5.66. The van der Waals surface area contributed by atoms with Crippen LogP contribution in [0.4, 0.5) is 5.69 Å². The summed E-state index contributed by atoms with van der Waals surface area (Å²) < 4.78 is 24.1. The summed E-state index contributed by atoms with van der Waals surface area (Å²) in [5.74, 6) is 1.03. The first-order valence-corrected chi connectivity index (χ1v) is 13.6. The number of amides is 2. The van der Waals surface area contributed by atoms with Gasteiger partial charge in [0.15, 0.2) is 11.5 Å². The molecule has 1 saturated heterocycles. The Hall–Kier alpha value is -4.64. The largest absolute Gasteiger partial charge is 0.497 e. The van der Waals surface area contributed by atoms with Crippen LogP contribution < -0.4 is 24.4 Å². The van der Waals surface area contributed by atoms with Gasteiger partial charge < -0.3 is 24.3 Å². The Morgan fingerprint density at radius 1 is 1.05 bits per heavy atom. The van der Waals surface area contributed by atoms with Gasteiger partial charge in [-0.3, -0.25) is 14.5 Å². The number of rotatable bonds is 9. The molecule has 4 aromatic rings. The van der Waals surface area contributed by atoms with Crippen LogP contribution in [0, 0.1) is 0 Å². The Kier molecular flexibility index (Phi) is 7.68. The van der Waals surface area contributed by atoms with Crippen molar-refractivity contribution in [2.24, 2.45) is 0 Å². The van der Waals surface area contributed by atoms with Crippen molar-refractivity contribution >= 4 is 28.5 Å². The summed E-state index contributed by atoms with van der Waals surface area (Å²) in [6.45, 7) is 1.72. The number of methoxy groups -OCH3 is 1. The number of ether oxygens (including phenoxy) is 4. The number of carbonyl (C=O) groups is 2. The maximum absolute atomic E-state index is 14.3. The molecule has 0 aliphatic carbocycles. The Morgan fingerprint density at radius 2 is 1.85 bits per heavy atom. The van der Waals surface area contributed by atoms with Crippen molar-refractivity contribution in [3.05, 3.63) is 72.3 Å². The predicted molar refractivity (Wildman–Crippen MR) is 150 cm³/mol. The van der Waals surface area contributed by atoms with Gasteiger partial charge >= 0.3 is 0 Å². The summed E-state index contributed by atoms with van der Waals surface area (Å²) in [5, 5.41) is 11.4. The van der Waals surface area contributed by atoms with Gasteiger partial charge in [-0.1, -0.05) is 29.5 Å². The van der Waals surface area contributed by atoms with E-state index in [-0.39, 0.29) is 24.5 Å². The van der Waals surface area contributed by atoms with Gasteiger partial charge in [-0.25, -0.2) is 4.68 Å². The molecule has 2 atom stereocenters. The molecule has 6 rings (SSSR count). The van der Waals surface area contributed by atoms with Gasteiger partial charge in [-0.05, 0) is 54.8 Å². The third-order valence-corrected chi connectivity index (χ3v) is 7.24. The molecule has 0 saturated carbocycles. The van der Waals surface area contributed by atoms with E-state index in [2.05, 4.69) is 15.6 Å². The number of hydrogen-bond acceptors (Lipinski definition) is 8. The molecule has 2 aliphatic rings. The van der Waals surface area contributed by atoms with Gasteiger partial charge in [-0.2, -0.15) is 0 Å². The minimum Gasteiger partial charge on any atom is -0.497 e. The maximum Gasteiger partial charge on any atom is 0.249 e. The van der Waals surface area contributed by atoms with E-state index in [1.807, 2.05) is 24.3 Å². The lowest BCUT2D eigenvalue weighted by Crippen LogP contribution is -2.46. The van der Waals surface area contributed by atoms with E-state index in [0.29, 0.717) is 65.9 Å². The molecule has 1 N–H and O–H groups in total. The number of para-hydroxylation sites is 1. The van der Waals surface area contributed by atoms with Crippen LogP contribution in [0.25, 0.3) is 11.0 Å². The van der Waals surface area contributed by atoms with Crippen LogP contribution in [0.2, 0.25) is 0 Å². The average Bonchev–Trinajstić information content (AvgIpc) is 3.69. The van der Waals surface area contributed by atoms with Gasteiger partial charge in [0.2, 0.25) is 11.8 Å². The SMILES string of the molecule is COc1ccc(C(C(=O)NCC2CCCO2)N(C(=O)Cn2nnc3ccccc32)c2ccc3c(c2)OCCO3)cc1. The molecule has 0 radical (unpaired) electrons. The number of benzene rings is 3. The van der Waals surface area contributed by atoms with Crippen LogP contribution >= 0.6 is 0 Å². The molecule has 11 nitrogen and oxygen atoms in total. The minimum atomic E-state index is -1.01. The molecule has 41 heavy (non-hydrogen) atoms. The molecule has 0 bridgehead atoms. The fraction of sp³-hybridized carbons (Fsp3) is 0.333. The summed E-state index contributed by atoms with van der Waals surface area (Å²) in [6.07, 6.45) is 1.77. The number of nitrogens with one attached hydrogen (secondary N) is 1. The predicted octanol–water partition coefficient (Wildman–Crippen LogP) is 3.28. The number of carbonyl (C=O) groups excluding carboxylic acids is 2. The number of aromatic nitrogens is 3. The van der Waals surface area contributed by atoms with Crippen molar-refractivity contribution < 1.29 is 28.5 Å². The summed E-state index contributed by atoms with van der Waals surface area (Å²) in [5.41, 5.74) is 2.48. The van der Waals surface area contributed by atoms with Crippen LogP contribution in [0.1, 0.15) is 24.4 Å². The summed E-state index contributed by atoms with van der Waals surface area (Å²) in [6, 6.07) is 18.8. The number of hydrogen-bond donors (Lipinski definition) is 1. The fourth-order valence-corrected chi connectivity index (χ4v) is 5.18. The highest BCUT2D eigenvalue weighted by Gasteiger charge is 2.34. The molecule has 2 unspecified atom stereocenters. The summed E-state index contributed by atoms with van der Waals surface area (Å²) >= 11 is 0. The van der Waals surface area contributed by atoms with Crippen molar-refractivity contribution in [3.8, 4) is 17.2 Å². The van der Waals surface area contributed by atoms with Gasteiger partial charge in [0.25, 0.3) is 0 Å². The van der Waals surface area contributed by atoms with Crippen LogP contribution in [0.5, 0.6) is 17.2 Å². The minimum absolute atomic E-state index is 0.0598. The Morgan fingerprint density at radius 3 is 2.63 bits per heavy atom. The first kappa shape index (κ1) is 26.6. The lowest BCUT2D eigenvalue weighted by molar-refractivity contribution is -0.127. The zero-order valence-corrected chi connectivity index (χ0v) is 22.7. The van der Waals surface area contributed by atoms with Crippen LogP contribution in [0.3, 0.4) is 0 Å². The van der Waals surface area contributed by atoms with Gasteiger partial charge in [0, 0.05) is 24.9 Å². The molecular formula is C30H31N5O6. The van der Waals surface area contributed by atoms with Crippen LogP contribution in [0.15, 0.2) is 66.7 Å². The Balaban J connectivity index is 1.41.